The molecule has 0 radical (unpaired) electrons. The van der Waals surface area contributed by atoms with Crippen LogP contribution in [0.5, 0.6) is 0 Å². The third kappa shape index (κ3) is 1.43. The van der Waals surface area contributed by atoms with Gasteiger partial charge < -0.3 is 0 Å². The van der Waals surface area contributed by atoms with E-state index in [1.165, 1.54) is 0 Å². The Morgan fingerprint density at radius 3 is 2.62 bits per heavy atom. The van der Waals surface area contributed by atoms with Crippen LogP contribution < -0.4 is 32.1 Å². The molecular weight excluding hydrogens is 215 g/mol. The summed E-state index contributed by atoms with van der Waals surface area (Å²) in [4.78, 5) is 0. The van der Waals surface area contributed by atoms with Crippen LogP contribution in [0.1, 0.15) is 6.92 Å². The van der Waals surface area contributed by atoms with Crippen molar-refractivity contribution in [3.05, 3.63) is 12.7 Å². The van der Waals surface area contributed by atoms with E-state index in [4.69, 9.17) is 0 Å². The van der Waals surface area contributed by atoms with Gasteiger partial charge in [-0.1, -0.05) is 0 Å². The van der Waals surface area contributed by atoms with Gasteiger partial charge in [-0.3, -0.25) is 0 Å². The van der Waals surface area contributed by atoms with Gasteiger partial charge in [0.2, 0.25) is 0 Å². The second-order valence-electron chi connectivity index (χ2n) is 1.67. The third-order valence-corrected chi connectivity index (χ3v) is 3.94. The number of hydrogen-bond acceptors (Lipinski definition) is 2. The predicted molar refractivity (Wildman–Crippen MR) is 29.7 cm³/mol. The van der Waals surface area contributed by atoms with Crippen molar-refractivity contribution in [1.29, 1.82) is 0 Å². The van der Waals surface area contributed by atoms with Crippen LogP contribution in [-0.4, -0.2) is 8.10 Å². The molecule has 0 aromatic heterocycles. The Morgan fingerprint density at radius 2 is 2.38 bits per heavy atom. The maximum absolute atomic E-state index is 3.70. The normalized spacial score (nSPS) is 38.6. The molecule has 8 heavy (non-hydrogen) atoms. The molecule has 1 heterocycles. The zero-order chi connectivity index (χ0) is 5.98. The zero-order valence-corrected chi connectivity index (χ0v) is 6.97. The summed E-state index contributed by atoms with van der Waals surface area (Å²) in [7, 11) is 0. The van der Waals surface area contributed by atoms with Crippen LogP contribution in [0.4, 0.5) is 0 Å². The molecule has 0 aliphatic carbocycles. The molecule has 1 aliphatic rings. The second kappa shape index (κ2) is 2.80. The van der Waals surface area contributed by atoms with Crippen molar-refractivity contribution in [3.63, 3.8) is 0 Å². The average Bonchev–Trinajstić information content (AvgIpc) is 2.14. The minimum absolute atomic E-state index is 0.273. The molecular formula is C5H10IN2-. The van der Waals surface area contributed by atoms with Crippen molar-refractivity contribution in [2.24, 2.45) is 0 Å². The summed E-state index contributed by atoms with van der Waals surface area (Å²) in [6.07, 6.45) is 1.98. The molecule has 1 rings (SSSR count). The molecule has 3 heteroatoms. The Balaban J connectivity index is 2.32. The van der Waals surface area contributed by atoms with Gasteiger partial charge in [0.25, 0.3) is 0 Å². The quantitative estimate of drug-likeness (QED) is 0.216. The summed E-state index contributed by atoms with van der Waals surface area (Å²) in [6, 6.07) is 0. The van der Waals surface area contributed by atoms with Gasteiger partial charge in [-0.15, -0.1) is 0 Å². The molecule has 2 nitrogen and oxygen atoms in total. The Hall–Kier alpha value is 0.390. The Morgan fingerprint density at radius 1 is 1.62 bits per heavy atom. The predicted octanol–water partition coefficient (Wildman–Crippen LogP) is -2.96. The molecule has 0 spiro atoms. The van der Waals surface area contributed by atoms with E-state index in [-0.39, 0.29) is 21.2 Å². The molecule has 0 aromatic carbocycles. The van der Waals surface area contributed by atoms with Crippen LogP contribution >= 0.6 is 0 Å². The number of nitrogens with one attached hydrogen (secondary N) is 2. The van der Waals surface area contributed by atoms with Crippen molar-refractivity contribution >= 4 is 0 Å². The standard InChI is InChI=1S/C5H10IN2/c1-3-5-6-4(2)7-8-5/h3-5,7-8H,1H2,2H3/q-1. The fourth-order valence-corrected chi connectivity index (χ4v) is 2.75. The van der Waals surface area contributed by atoms with Crippen LogP contribution in [0.3, 0.4) is 0 Å². The molecule has 2 atom stereocenters. The molecule has 1 fully saturated rings. The van der Waals surface area contributed by atoms with Crippen LogP contribution in [0.2, 0.25) is 0 Å². The van der Waals surface area contributed by atoms with Crippen molar-refractivity contribution in [3.8, 4) is 0 Å². The van der Waals surface area contributed by atoms with E-state index < -0.39 is 0 Å². The molecule has 48 valence electrons. The van der Waals surface area contributed by atoms with E-state index >= 15 is 0 Å². The number of alkyl halides is 2. The van der Waals surface area contributed by atoms with Crippen LogP contribution in [0, 0.1) is 0 Å². The first-order valence-electron chi connectivity index (χ1n) is 2.58. The summed E-state index contributed by atoms with van der Waals surface area (Å²) >= 11 is 0.273. The first-order chi connectivity index (χ1) is 3.83. The molecule has 0 saturated carbocycles. The second-order valence-corrected chi connectivity index (χ2v) is 5.60. The van der Waals surface area contributed by atoms with Crippen molar-refractivity contribution in [1.82, 2.24) is 10.9 Å². The SMILES string of the molecule is C=CC1NNC(C)[I-]1. The van der Waals surface area contributed by atoms with Crippen LogP contribution in [0.15, 0.2) is 12.7 Å². The number of halogens is 1. The van der Waals surface area contributed by atoms with Crippen LogP contribution in [0.25, 0.3) is 0 Å². The van der Waals surface area contributed by atoms with E-state index in [1.807, 2.05) is 6.08 Å². The van der Waals surface area contributed by atoms with Crippen molar-refractivity contribution < 1.29 is 21.2 Å². The molecule has 0 amide bonds. The van der Waals surface area contributed by atoms with Gasteiger partial charge in [0.05, 0.1) is 0 Å². The average molecular weight is 225 g/mol. The van der Waals surface area contributed by atoms with Gasteiger partial charge in [-0.2, -0.15) is 0 Å². The van der Waals surface area contributed by atoms with Gasteiger partial charge in [-0.25, -0.2) is 0 Å². The summed E-state index contributed by atoms with van der Waals surface area (Å²) in [6.45, 7) is 5.90. The van der Waals surface area contributed by atoms with E-state index in [0.29, 0.717) is 8.10 Å². The maximum atomic E-state index is 3.70. The number of rotatable bonds is 1. The van der Waals surface area contributed by atoms with E-state index in [2.05, 4.69) is 24.4 Å². The fourth-order valence-electron chi connectivity index (χ4n) is 0.571. The minimum atomic E-state index is 0.273. The summed E-state index contributed by atoms with van der Waals surface area (Å²) in [5, 5.41) is 0. The first kappa shape index (κ1) is 6.51. The summed E-state index contributed by atoms with van der Waals surface area (Å²) in [5.74, 6) is 0. The summed E-state index contributed by atoms with van der Waals surface area (Å²) < 4.78 is 1.29. The van der Waals surface area contributed by atoms with Gasteiger partial charge in [0.15, 0.2) is 0 Å². The Labute approximate surface area is 60.0 Å². The number of hydrazine groups is 1. The Kier molecular flexibility index (Phi) is 2.27. The van der Waals surface area contributed by atoms with E-state index in [0.717, 1.165) is 0 Å². The topological polar surface area (TPSA) is 24.1 Å². The molecule has 2 unspecified atom stereocenters. The van der Waals surface area contributed by atoms with E-state index in [1.54, 1.807) is 0 Å². The Bertz CT molecular complexity index is 94.4. The first-order valence-corrected chi connectivity index (χ1v) is 5.07. The monoisotopic (exact) mass is 225 g/mol. The molecule has 1 aliphatic heterocycles. The van der Waals surface area contributed by atoms with Gasteiger partial charge in [-0.05, 0) is 0 Å². The molecule has 1 saturated heterocycles. The van der Waals surface area contributed by atoms with Gasteiger partial charge in [0, 0.05) is 0 Å². The van der Waals surface area contributed by atoms with Gasteiger partial charge in [0.1, 0.15) is 0 Å². The summed E-state index contributed by atoms with van der Waals surface area (Å²) in [5.41, 5.74) is 6.28. The molecule has 0 aromatic rings. The zero-order valence-electron chi connectivity index (χ0n) is 4.82. The molecule has 2 N–H and O–H groups in total. The van der Waals surface area contributed by atoms with Crippen molar-refractivity contribution in [2.75, 3.05) is 0 Å². The van der Waals surface area contributed by atoms with Gasteiger partial charge >= 0.3 is 59.7 Å². The van der Waals surface area contributed by atoms with Crippen molar-refractivity contribution in [2.45, 2.75) is 15.0 Å². The fraction of sp³-hybridized carbons (Fsp3) is 0.600. The number of hydrogen-bond donors (Lipinski definition) is 2. The third-order valence-electron chi connectivity index (χ3n) is 0.952. The van der Waals surface area contributed by atoms with Crippen LogP contribution in [-0.2, 0) is 0 Å². The molecule has 0 bridgehead atoms. The van der Waals surface area contributed by atoms with E-state index in [9.17, 15) is 0 Å².